The van der Waals surface area contributed by atoms with Crippen LogP contribution in [0.5, 0.6) is 0 Å². The lowest BCUT2D eigenvalue weighted by Crippen LogP contribution is -2.44. The van der Waals surface area contributed by atoms with E-state index in [2.05, 4.69) is 10.3 Å². The molecule has 0 fully saturated rings. The number of nitrogens with one attached hydrogen (secondary N) is 1. The summed E-state index contributed by atoms with van der Waals surface area (Å²) < 4.78 is 13.9. The normalized spacial score (nSPS) is 16.7. The summed E-state index contributed by atoms with van der Waals surface area (Å²) in [7, 11) is 1.61. The first kappa shape index (κ1) is 16.9. The van der Waals surface area contributed by atoms with Crippen molar-refractivity contribution in [2.45, 2.75) is 19.4 Å². The van der Waals surface area contributed by atoms with Crippen molar-refractivity contribution in [3.63, 3.8) is 0 Å². The van der Waals surface area contributed by atoms with Gasteiger partial charge in [0.1, 0.15) is 0 Å². The number of carbonyl (C=O) groups excluding carboxylic acids is 2. The van der Waals surface area contributed by atoms with E-state index < -0.39 is 5.82 Å². The molecular weight excluding hydrogens is 323 g/mol. The topological polar surface area (TPSA) is 65.5 Å². The fourth-order valence-corrected chi connectivity index (χ4v) is 2.98. The van der Waals surface area contributed by atoms with Crippen molar-refractivity contribution in [3.8, 4) is 0 Å². The minimum absolute atomic E-state index is 0.0548. The number of aromatic nitrogens is 1. The summed E-state index contributed by atoms with van der Waals surface area (Å²) in [5.41, 5.74) is 1.23. The van der Waals surface area contributed by atoms with Crippen molar-refractivity contribution in [2.24, 2.45) is 0 Å². The lowest BCUT2D eigenvalue weighted by molar-refractivity contribution is -0.118. The highest BCUT2D eigenvalue weighted by atomic mass is 19.1. The van der Waals surface area contributed by atoms with Crippen molar-refractivity contribution < 1.29 is 14.0 Å². The first-order valence-electron chi connectivity index (χ1n) is 8.00. The predicted molar refractivity (Wildman–Crippen MR) is 94.1 cm³/mol. The van der Waals surface area contributed by atoms with Gasteiger partial charge in [0.2, 0.25) is 11.8 Å². The Hall–Kier alpha value is -2.96. The van der Waals surface area contributed by atoms with Crippen LogP contribution in [-0.4, -0.2) is 36.4 Å². The Bertz CT molecular complexity index is 811. The van der Waals surface area contributed by atoms with Gasteiger partial charge >= 0.3 is 0 Å². The molecule has 0 unspecified atom stereocenters. The lowest BCUT2D eigenvalue weighted by Gasteiger charge is -2.30. The van der Waals surface area contributed by atoms with Crippen molar-refractivity contribution in [1.29, 1.82) is 0 Å². The molecule has 0 saturated heterocycles. The molecule has 0 aliphatic carbocycles. The van der Waals surface area contributed by atoms with Gasteiger partial charge in [0.25, 0.3) is 0 Å². The van der Waals surface area contributed by atoms with Crippen LogP contribution in [0.15, 0.2) is 42.6 Å². The summed E-state index contributed by atoms with van der Waals surface area (Å²) in [6, 6.07) is 9.65. The molecule has 3 rings (SSSR count). The van der Waals surface area contributed by atoms with Gasteiger partial charge < -0.3 is 15.1 Å². The minimum Gasteiger partial charge on any atom is -0.348 e. The number of amides is 2. The Balaban J connectivity index is 1.88. The zero-order chi connectivity index (χ0) is 18.0. The van der Waals surface area contributed by atoms with E-state index in [0.717, 1.165) is 0 Å². The van der Waals surface area contributed by atoms with Gasteiger partial charge in [-0.05, 0) is 31.2 Å². The van der Waals surface area contributed by atoms with Gasteiger partial charge in [-0.2, -0.15) is 0 Å². The summed E-state index contributed by atoms with van der Waals surface area (Å²) in [5, 5.41) is 2.81. The average Bonchev–Trinajstić information content (AvgIpc) is 2.69. The van der Waals surface area contributed by atoms with Gasteiger partial charge in [-0.1, -0.05) is 12.1 Å². The highest BCUT2D eigenvalue weighted by Gasteiger charge is 2.30. The SMILES string of the molecule is C[C@@H]1CC(=O)Nc2ccccc2N1C(=O)CN(C)c1ncccc1F. The van der Waals surface area contributed by atoms with E-state index in [-0.39, 0.29) is 36.6 Å². The highest BCUT2D eigenvalue weighted by Crippen LogP contribution is 2.31. The number of benzene rings is 1. The van der Waals surface area contributed by atoms with E-state index in [9.17, 15) is 14.0 Å². The number of nitrogens with zero attached hydrogens (tertiary/aromatic N) is 3. The summed E-state index contributed by atoms with van der Waals surface area (Å²) in [5.74, 6) is -0.747. The summed E-state index contributed by atoms with van der Waals surface area (Å²) in [6.07, 6.45) is 1.67. The number of fused-ring (bicyclic) bond motifs is 1. The number of likely N-dealkylation sites (N-methyl/N-ethyl adjacent to an activating group) is 1. The summed E-state index contributed by atoms with van der Waals surface area (Å²) in [4.78, 5) is 32.0. The third kappa shape index (κ3) is 3.45. The molecule has 1 atom stereocenters. The molecule has 1 aliphatic heterocycles. The van der Waals surface area contributed by atoms with E-state index in [4.69, 9.17) is 0 Å². The van der Waals surface area contributed by atoms with Crippen LogP contribution in [0.3, 0.4) is 0 Å². The number of hydrogen-bond acceptors (Lipinski definition) is 4. The van der Waals surface area contributed by atoms with Crippen LogP contribution in [-0.2, 0) is 9.59 Å². The van der Waals surface area contributed by atoms with Crippen molar-refractivity contribution in [1.82, 2.24) is 4.98 Å². The van der Waals surface area contributed by atoms with Gasteiger partial charge in [0.05, 0.1) is 17.9 Å². The van der Waals surface area contributed by atoms with Gasteiger partial charge in [0.15, 0.2) is 11.6 Å². The number of para-hydroxylation sites is 2. The van der Waals surface area contributed by atoms with E-state index in [1.165, 1.54) is 23.2 Å². The van der Waals surface area contributed by atoms with E-state index in [1.807, 2.05) is 13.0 Å². The Morgan fingerprint density at radius 3 is 2.88 bits per heavy atom. The number of hydrogen-bond donors (Lipinski definition) is 1. The number of rotatable bonds is 3. The summed E-state index contributed by atoms with van der Waals surface area (Å²) in [6.45, 7) is 1.77. The number of pyridine rings is 1. The van der Waals surface area contributed by atoms with Crippen LogP contribution in [0.2, 0.25) is 0 Å². The molecule has 6 nitrogen and oxygen atoms in total. The van der Waals surface area contributed by atoms with E-state index in [1.54, 1.807) is 30.1 Å². The standard InChI is InChI=1S/C18H19FN4O2/c1-12-10-16(24)21-14-7-3-4-8-15(14)23(12)17(25)11-22(2)18-13(19)6-5-9-20-18/h3-9,12H,10-11H2,1-2H3,(H,21,24)/t12-/m1/s1. The Morgan fingerprint density at radius 2 is 2.12 bits per heavy atom. The maximum Gasteiger partial charge on any atom is 0.246 e. The second-order valence-electron chi connectivity index (χ2n) is 6.05. The van der Waals surface area contributed by atoms with Crippen LogP contribution in [0.1, 0.15) is 13.3 Å². The molecule has 0 bridgehead atoms. The first-order chi connectivity index (χ1) is 12.0. The van der Waals surface area contributed by atoms with Gasteiger partial charge in [0, 0.05) is 25.7 Å². The second kappa shape index (κ2) is 6.88. The number of halogens is 1. The molecule has 25 heavy (non-hydrogen) atoms. The Morgan fingerprint density at radius 1 is 1.36 bits per heavy atom. The van der Waals surface area contributed by atoms with Crippen LogP contribution in [0, 0.1) is 5.82 Å². The van der Waals surface area contributed by atoms with Gasteiger partial charge in [-0.15, -0.1) is 0 Å². The lowest BCUT2D eigenvalue weighted by atomic mass is 10.1. The highest BCUT2D eigenvalue weighted by molar-refractivity contribution is 6.05. The van der Waals surface area contributed by atoms with Crippen molar-refractivity contribution in [3.05, 3.63) is 48.4 Å². The number of carbonyl (C=O) groups is 2. The van der Waals surface area contributed by atoms with Gasteiger partial charge in [-0.3, -0.25) is 9.59 Å². The molecule has 2 amide bonds. The van der Waals surface area contributed by atoms with Crippen LogP contribution in [0.4, 0.5) is 21.6 Å². The molecule has 0 saturated carbocycles. The van der Waals surface area contributed by atoms with E-state index >= 15 is 0 Å². The maximum atomic E-state index is 13.9. The molecule has 1 aliphatic rings. The predicted octanol–water partition coefficient (Wildman–Crippen LogP) is 2.42. The monoisotopic (exact) mass is 342 g/mol. The quantitative estimate of drug-likeness (QED) is 0.930. The number of anilines is 3. The van der Waals surface area contributed by atoms with E-state index in [0.29, 0.717) is 11.4 Å². The molecule has 2 aromatic rings. The van der Waals surface area contributed by atoms with Crippen LogP contribution < -0.4 is 15.1 Å². The van der Waals surface area contributed by atoms with Crippen LogP contribution >= 0.6 is 0 Å². The van der Waals surface area contributed by atoms with Crippen LogP contribution in [0.25, 0.3) is 0 Å². The van der Waals surface area contributed by atoms with Crippen molar-refractivity contribution >= 4 is 29.0 Å². The largest absolute Gasteiger partial charge is 0.348 e. The maximum absolute atomic E-state index is 13.9. The minimum atomic E-state index is -0.487. The molecule has 2 heterocycles. The first-order valence-corrected chi connectivity index (χ1v) is 8.00. The fraction of sp³-hybridized carbons (Fsp3) is 0.278. The zero-order valence-electron chi connectivity index (χ0n) is 14.1. The molecule has 7 heteroatoms. The molecule has 1 aromatic carbocycles. The third-order valence-electron chi connectivity index (χ3n) is 4.10. The fourth-order valence-electron chi connectivity index (χ4n) is 2.98. The Kier molecular flexibility index (Phi) is 4.65. The van der Waals surface area contributed by atoms with Crippen molar-refractivity contribution in [2.75, 3.05) is 28.7 Å². The molecule has 0 radical (unpaired) electrons. The van der Waals surface area contributed by atoms with Gasteiger partial charge in [-0.25, -0.2) is 9.37 Å². The average molecular weight is 342 g/mol. The Labute approximate surface area is 145 Å². The smallest absolute Gasteiger partial charge is 0.246 e. The summed E-state index contributed by atoms with van der Waals surface area (Å²) >= 11 is 0. The molecular formula is C18H19FN4O2. The third-order valence-corrected chi connectivity index (χ3v) is 4.10. The molecule has 130 valence electrons. The zero-order valence-corrected chi connectivity index (χ0v) is 14.1. The second-order valence-corrected chi connectivity index (χ2v) is 6.05. The molecule has 0 spiro atoms. The molecule has 1 N–H and O–H groups in total. The molecule has 1 aromatic heterocycles.